The molecule has 2 saturated heterocycles. The predicted octanol–water partition coefficient (Wildman–Crippen LogP) is 2.33. The van der Waals surface area contributed by atoms with Crippen molar-refractivity contribution >= 4 is 11.8 Å². The fourth-order valence-electron chi connectivity index (χ4n) is 3.21. The smallest absolute Gasteiger partial charge is 0.0422 e. The summed E-state index contributed by atoms with van der Waals surface area (Å²) in [6, 6.07) is 0. The van der Waals surface area contributed by atoms with Crippen LogP contribution in [0.2, 0.25) is 0 Å². The van der Waals surface area contributed by atoms with Gasteiger partial charge in [0.15, 0.2) is 0 Å². The fraction of sp³-hybridized carbons (Fsp3) is 1.00. The van der Waals surface area contributed by atoms with Gasteiger partial charge >= 0.3 is 0 Å². The number of hydrogen-bond acceptors (Lipinski definition) is 3. The molecule has 2 N–H and O–H groups in total. The number of nitrogens with two attached hydrogens (primary N) is 1. The standard InChI is InChI=1S/C13H26N2S/c1-12(2)5-3-7-15(10-12)13(9-14)6-4-8-16-11-13/h3-11,14H2,1-2H3. The zero-order valence-electron chi connectivity index (χ0n) is 10.8. The van der Waals surface area contributed by atoms with E-state index >= 15 is 0 Å². The summed E-state index contributed by atoms with van der Waals surface area (Å²) in [7, 11) is 0. The van der Waals surface area contributed by atoms with Crippen LogP contribution in [0.25, 0.3) is 0 Å². The Labute approximate surface area is 104 Å². The van der Waals surface area contributed by atoms with Crippen LogP contribution in [-0.4, -0.2) is 41.6 Å². The number of hydrogen-bond donors (Lipinski definition) is 1. The summed E-state index contributed by atoms with van der Waals surface area (Å²) in [6.07, 6.45) is 5.38. The molecule has 0 aromatic rings. The number of rotatable bonds is 2. The predicted molar refractivity (Wildman–Crippen MR) is 72.9 cm³/mol. The van der Waals surface area contributed by atoms with E-state index in [4.69, 9.17) is 5.73 Å². The Hall–Kier alpha value is 0.270. The second-order valence-corrected chi connectivity index (χ2v) is 7.38. The van der Waals surface area contributed by atoms with E-state index < -0.39 is 0 Å². The summed E-state index contributed by atoms with van der Waals surface area (Å²) >= 11 is 2.10. The van der Waals surface area contributed by atoms with Crippen molar-refractivity contribution < 1.29 is 0 Å². The Morgan fingerprint density at radius 2 is 2.06 bits per heavy atom. The van der Waals surface area contributed by atoms with Crippen LogP contribution in [0.5, 0.6) is 0 Å². The average molecular weight is 242 g/mol. The topological polar surface area (TPSA) is 29.3 Å². The molecule has 0 saturated carbocycles. The van der Waals surface area contributed by atoms with Crippen LogP contribution in [-0.2, 0) is 0 Å². The highest BCUT2D eigenvalue weighted by molar-refractivity contribution is 7.99. The molecule has 2 fully saturated rings. The van der Waals surface area contributed by atoms with Crippen LogP contribution >= 0.6 is 11.8 Å². The van der Waals surface area contributed by atoms with Crippen LogP contribution in [0.4, 0.5) is 0 Å². The van der Waals surface area contributed by atoms with Gasteiger partial charge in [0.1, 0.15) is 0 Å². The van der Waals surface area contributed by atoms with E-state index in [1.54, 1.807) is 0 Å². The van der Waals surface area contributed by atoms with Crippen molar-refractivity contribution in [1.29, 1.82) is 0 Å². The van der Waals surface area contributed by atoms with E-state index in [1.807, 2.05) is 0 Å². The molecule has 2 aliphatic rings. The van der Waals surface area contributed by atoms with Gasteiger partial charge in [0, 0.05) is 24.4 Å². The van der Waals surface area contributed by atoms with Gasteiger partial charge in [-0.05, 0) is 43.4 Å². The maximum atomic E-state index is 6.10. The molecule has 16 heavy (non-hydrogen) atoms. The lowest BCUT2D eigenvalue weighted by atomic mass is 9.80. The van der Waals surface area contributed by atoms with Crippen molar-refractivity contribution in [2.24, 2.45) is 11.1 Å². The zero-order valence-corrected chi connectivity index (χ0v) is 11.6. The van der Waals surface area contributed by atoms with Crippen LogP contribution in [0.1, 0.15) is 39.5 Å². The van der Waals surface area contributed by atoms with Crippen molar-refractivity contribution in [3.63, 3.8) is 0 Å². The SMILES string of the molecule is CC1(C)CCCN(C2(CN)CCCSC2)C1. The Bertz CT molecular complexity index is 234. The van der Waals surface area contributed by atoms with Gasteiger partial charge < -0.3 is 5.73 Å². The molecule has 0 spiro atoms. The Kier molecular flexibility index (Phi) is 3.87. The third-order valence-electron chi connectivity index (χ3n) is 4.25. The second kappa shape index (κ2) is 4.87. The lowest BCUT2D eigenvalue weighted by Gasteiger charge is -2.51. The molecule has 0 radical (unpaired) electrons. The van der Waals surface area contributed by atoms with Gasteiger partial charge in [0.25, 0.3) is 0 Å². The molecule has 0 aliphatic carbocycles. The van der Waals surface area contributed by atoms with Gasteiger partial charge in [0.05, 0.1) is 0 Å². The van der Waals surface area contributed by atoms with Gasteiger partial charge in [-0.2, -0.15) is 11.8 Å². The minimum absolute atomic E-state index is 0.320. The summed E-state index contributed by atoms with van der Waals surface area (Å²) in [4.78, 5) is 2.71. The molecule has 3 heteroatoms. The molecule has 0 aromatic carbocycles. The highest BCUT2D eigenvalue weighted by Gasteiger charge is 2.41. The quantitative estimate of drug-likeness (QED) is 0.806. The van der Waals surface area contributed by atoms with E-state index in [1.165, 1.54) is 50.3 Å². The van der Waals surface area contributed by atoms with Gasteiger partial charge in [-0.1, -0.05) is 13.8 Å². The minimum Gasteiger partial charge on any atom is -0.329 e. The molecule has 2 aliphatic heterocycles. The highest BCUT2D eigenvalue weighted by atomic mass is 32.2. The van der Waals surface area contributed by atoms with Crippen LogP contribution < -0.4 is 5.73 Å². The molecular weight excluding hydrogens is 216 g/mol. The molecule has 2 heterocycles. The summed E-state index contributed by atoms with van der Waals surface area (Å²) in [6.45, 7) is 8.15. The first-order valence-corrected chi connectivity index (χ1v) is 7.76. The highest BCUT2D eigenvalue weighted by Crippen LogP contribution is 2.37. The Balaban J connectivity index is 2.08. The first kappa shape index (κ1) is 12.7. The fourth-order valence-corrected chi connectivity index (χ4v) is 4.52. The van der Waals surface area contributed by atoms with E-state index in [9.17, 15) is 0 Å². The average Bonchev–Trinajstić information content (AvgIpc) is 2.29. The van der Waals surface area contributed by atoms with Gasteiger partial charge in [-0.15, -0.1) is 0 Å². The molecule has 2 nitrogen and oxygen atoms in total. The van der Waals surface area contributed by atoms with Crippen molar-refractivity contribution in [3.8, 4) is 0 Å². The van der Waals surface area contributed by atoms with E-state index in [0.717, 1.165) is 6.54 Å². The van der Waals surface area contributed by atoms with Crippen LogP contribution in [0, 0.1) is 5.41 Å². The molecule has 1 atom stereocenters. The number of likely N-dealkylation sites (tertiary alicyclic amines) is 1. The molecule has 0 bridgehead atoms. The first-order valence-electron chi connectivity index (χ1n) is 6.61. The van der Waals surface area contributed by atoms with Crippen LogP contribution in [0.3, 0.4) is 0 Å². The zero-order chi connectivity index (χ0) is 11.6. The largest absolute Gasteiger partial charge is 0.329 e. The lowest BCUT2D eigenvalue weighted by molar-refractivity contribution is 0.0245. The molecule has 1 unspecified atom stereocenters. The summed E-state index contributed by atoms with van der Waals surface area (Å²) in [5, 5.41) is 0. The maximum absolute atomic E-state index is 6.10. The van der Waals surface area contributed by atoms with Crippen molar-refractivity contribution in [2.75, 3.05) is 31.1 Å². The molecule has 0 amide bonds. The summed E-state index contributed by atoms with van der Waals surface area (Å²) in [5.41, 5.74) is 6.91. The second-order valence-electron chi connectivity index (χ2n) is 6.27. The van der Waals surface area contributed by atoms with Gasteiger partial charge in [-0.25, -0.2) is 0 Å². The number of nitrogens with zero attached hydrogens (tertiary/aromatic N) is 1. The van der Waals surface area contributed by atoms with Crippen molar-refractivity contribution in [2.45, 2.75) is 45.1 Å². The molecule has 0 aromatic heterocycles. The van der Waals surface area contributed by atoms with Gasteiger partial charge in [0.2, 0.25) is 0 Å². The number of piperidine rings is 1. The van der Waals surface area contributed by atoms with Crippen LogP contribution in [0.15, 0.2) is 0 Å². The third kappa shape index (κ3) is 2.57. The van der Waals surface area contributed by atoms with E-state index in [-0.39, 0.29) is 0 Å². The Morgan fingerprint density at radius 3 is 2.62 bits per heavy atom. The van der Waals surface area contributed by atoms with Crippen molar-refractivity contribution in [3.05, 3.63) is 0 Å². The van der Waals surface area contributed by atoms with E-state index in [2.05, 4.69) is 30.5 Å². The monoisotopic (exact) mass is 242 g/mol. The number of thioether (sulfide) groups is 1. The van der Waals surface area contributed by atoms with Gasteiger partial charge in [-0.3, -0.25) is 4.90 Å². The third-order valence-corrected chi connectivity index (χ3v) is 5.57. The Morgan fingerprint density at radius 1 is 1.25 bits per heavy atom. The van der Waals surface area contributed by atoms with Crippen molar-refractivity contribution in [1.82, 2.24) is 4.90 Å². The summed E-state index contributed by atoms with van der Waals surface area (Å²) < 4.78 is 0. The molecule has 2 rings (SSSR count). The maximum Gasteiger partial charge on any atom is 0.0422 e. The van der Waals surface area contributed by atoms with E-state index in [0.29, 0.717) is 11.0 Å². The minimum atomic E-state index is 0.320. The lowest BCUT2D eigenvalue weighted by Crippen LogP contribution is -2.60. The molecular formula is C13H26N2S. The molecule has 94 valence electrons. The normalized spacial score (nSPS) is 36.2. The summed E-state index contributed by atoms with van der Waals surface area (Å²) in [5.74, 6) is 2.58. The first-order chi connectivity index (χ1) is 7.58.